The Morgan fingerprint density at radius 1 is 1.20 bits per heavy atom. The van der Waals surface area contributed by atoms with Gasteiger partial charge in [0.2, 0.25) is 0 Å². The molecule has 1 rings (SSSR count). The van der Waals surface area contributed by atoms with Crippen LogP contribution in [0.3, 0.4) is 0 Å². The standard InChI is InChI=1S/C17H21N3O5/c1-11(10-21)4-5-12-6-8-13(9-7-12)14(22)19-17(2,15(23)18-3)16(24)20-25/h6-9,11,21,25H,10H2,1-3H3,(H,18,23)(H,19,22)(H,20,24). The summed E-state index contributed by atoms with van der Waals surface area (Å²) < 4.78 is 0. The molecule has 0 saturated heterocycles. The first-order valence-electron chi connectivity index (χ1n) is 7.50. The minimum atomic E-state index is -1.98. The lowest BCUT2D eigenvalue weighted by Gasteiger charge is -2.26. The number of likely N-dealkylation sites (N-methyl/N-ethyl adjacent to an activating group) is 1. The van der Waals surface area contributed by atoms with Crippen LogP contribution in [-0.4, -0.2) is 47.2 Å². The van der Waals surface area contributed by atoms with Crippen LogP contribution in [0.25, 0.3) is 0 Å². The number of rotatable bonds is 5. The monoisotopic (exact) mass is 347 g/mol. The maximum Gasteiger partial charge on any atom is 0.278 e. The Morgan fingerprint density at radius 2 is 1.80 bits per heavy atom. The Labute approximate surface area is 145 Å². The molecule has 0 fully saturated rings. The molecule has 0 saturated carbocycles. The van der Waals surface area contributed by atoms with Crippen molar-refractivity contribution in [2.75, 3.05) is 13.7 Å². The molecule has 8 heteroatoms. The number of hydrogen-bond acceptors (Lipinski definition) is 5. The van der Waals surface area contributed by atoms with Crippen molar-refractivity contribution < 1.29 is 24.7 Å². The van der Waals surface area contributed by atoms with Gasteiger partial charge in [-0.15, -0.1) is 0 Å². The van der Waals surface area contributed by atoms with Gasteiger partial charge in [-0.25, -0.2) is 5.48 Å². The van der Waals surface area contributed by atoms with Gasteiger partial charge in [-0.2, -0.15) is 0 Å². The number of hydrogen-bond donors (Lipinski definition) is 5. The smallest absolute Gasteiger partial charge is 0.278 e. The third kappa shape index (κ3) is 5.04. The second-order valence-electron chi connectivity index (χ2n) is 5.53. The lowest BCUT2D eigenvalue weighted by Crippen LogP contribution is -2.64. The predicted molar refractivity (Wildman–Crippen MR) is 89.4 cm³/mol. The van der Waals surface area contributed by atoms with Gasteiger partial charge in [0.05, 0.1) is 6.61 Å². The van der Waals surface area contributed by atoms with Crippen molar-refractivity contribution in [2.45, 2.75) is 19.4 Å². The van der Waals surface area contributed by atoms with Crippen molar-refractivity contribution in [3.63, 3.8) is 0 Å². The van der Waals surface area contributed by atoms with Crippen LogP contribution in [0.2, 0.25) is 0 Å². The van der Waals surface area contributed by atoms with Crippen LogP contribution in [0.5, 0.6) is 0 Å². The molecule has 25 heavy (non-hydrogen) atoms. The number of hydroxylamine groups is 1. The molecule has 0 aliphatic heterocycles. The quantitative estimate of drug-likeness (QED) is 0.210. The zero-order valence-corrected chi connectivity index (χ0v) is 14.2. The molecule has 2 atom stereocenters. The molecular weight excluding hydrogens is 326 g/mol. The summed E-state index contributed by atoms with van der Waals surface area (Å²) in [7, 11) is 1.30. The van der Waals surface area contributed by atoms with Crippen LogP contribution in [0.4, 0.5) is 0 Å². The fraction of sp³-hybridized carbons (Fsp3) is 0.353. The van der Waals surface area contributed by atoms with Gasteiger partial charge in [-0.05, 0) is 38.1 Å². The van der Waals surface area contributed by atoms with Gasteiger partial charge in [-0.3, -0.25) is 19.6 Å². The van der Waals surface area contributed by atoms with E-state index in [2.05, 4.69) is 22.5 Å². The van der Waals surface area contributed by atoms with Gasteiger partial charge < -0.3 is 15.7 Å². The molecule has 5 N–H and O–H groups in total. The Morgan fingerprint density at radius 3 is 2.28 bits per heavy atom. The van der Waals surface area contributed by atoms with E-state index in [-0.39, 0.29) is 18.1 Å². The van der Waals surface area contributed by atoms with Crippen LogP contribution >= 0.6 is 0 Å². The van der Waals surface area contributed by atoms with E-state index in [4.69, 9.17) is 10.3 Å². The SMILES string of the molecule is CNC(=O)C(C)(NC(=O)c1ccc(C#CC(C)CO)cc1)C(=O)NO. The topological polar surface area (TPSA) is 128 Å². The summed E-state index contributed by atoms with van der Waals surface area (Å²) >= 11 is 0. The van der Waals surface area contributed by atoms with E-state index < -0.39 is 23.3 Å². The highest BCUT2D eigenvalue weighted by Gasteiger charge is 2.42. The third-order valence-corrected chi connectivity index (χ3v) is 3.48. The molecule has 1 aromatic rings. The average molecular weight is 347 g/mol. The number of aliphatic hydroxyl groups excluding tert-OH is 1. The predicted octanol–water partition coefficient (Wildman–Crippen LogP) is -0.594. The first-order chi connectivity index (χ1) is 11.8. The summed E-state index contributed by atoms with van der Waals surface area (Å²) in [5.41, 5.74) is 0.252. The van der Waals surface area contributed by atoms with Crippen LogP contribution in [0, 0.1) is 17.8 Å². The van der Waals surface area contributed by atoms with Crippen molar-refractivity contribution in [1.82, 2.24) is 16.1 Å². The van der Waals surface area contributed by atoms with Crippen molar-refractivity contribution >= 4 is 17.7 Å². The van der Waals surface area contributed by atoms with Crippen molar-refractivity contribution in [1.29, 1.82) is 0 Å². The highest BCUT2D eigenvalue weighted by atomic mass is 16.5. The summed E-state index contributed by atoms with van der Waals surface area (Å²) in [4.78, 5) is 36.0. The largest absolute Gasteiger partial charge is 0.395 e. The maximum absolute atomic E-state index is 12.3. The summed E-state index contributed by atoms with van der Waals surface area (Å²) in [6.45, 7) is 2.91. The molecule has 0 radical (unpaired) electrons. The van der Waals surface area contributed by atoms with E-state index in [9.17, 15) is 14.4 Å². The molecule has 8 nitrogen and oxygen atoms in total. The Bertz CT molecular complexity index is 687. The van der Waals surface area contributed by atoms with Crippen molar-refractivity contribution in [3.8, 4) is 11.8 Å². The van der Waals surface area contributed by atoms with E-state index in [0.717, 1.165) is 0 Å². The zero-order valence-electron chi connectivity index (χ0n) is 14.2. The molecule has 3 amide bonds. The van der Waals surface area contributed by atoms with E-state index in [1.165, 1.54) is 31.6 Å². The molecular formula is C17H21N3O5. The molecule has 0 bridgehead atoms. The molecule has 0 aromatic heterocycles. The normalized spacial score (nSPS) is 13.5. The number of carbonyl (C=O) groups is 3. The number of amides is 3. The molecule has 0 spiro atoms. The lowest BCUT2D eigenvalue weighted by molar-refractivity contribution is -0.143. The van der Waals surface area contributed by atoms with Gasteiger partial charge in [0.1, 0.15) is 0 Å². The van der Waals surface area contributed by atoms with Crippen LogP contribution in [0.15, 0.2) is 24.3 Å². The Balaban J connectivity index is 2.97. The van der Waals surface area contributed by atoms with E-state index in [0.29, 0.717) is 5.56 Å². The second-order valence-corrected chi connectivity index (χ2v) is 5.53. The zero-order chi connectivity index (χ0) is 19.0. The molecule has 0 heterocycles. The van der Waals surface area contributed by atoms with Crippen LogP contribution < -0.4 is 16.1 Å². The fourth-order valence-corrected chi connectivity index (χ4v) is 1.83. The number of nitrogens with one attached hydrogen (secondary N) is 3. The fourth-order valence-electron chi connectivity index (χ4n) is 1.83. The molecule has 2 unspecified atom stereocenters. The van der Waals surface area contributed by atoms with E-state index >= 15 is 0 Å². The molecule has 1 aromatic carbocycles. The minimum absolute atomic E-state index is 0.0432. The number of carbonyl (C=O) groups excluding carboxylic acids is 3. The van der Waals surface area contributed by atoms with E-state index in [1.807, 2.05) is 0 Å². The number of aliphatic hydroxyl groups is 1. The number of benzene rings is 1. The van der Waals surface area contributed by atoms with E-state index in [1.54, 1.807) is 19.1 Å². The second kappa shape index (κ2) is 8.82. The minimum Gasteiger partial charge on any atom is -0.395 e. The Kier molecular flexibility index (Phi) is 7.11. The van der Waals surface area contributed by atoms with Gasteiger partial charge in [-0.1, -0.05) is 11.8 Å². The van der Waals surface area contributed by atoms with Crippen LogP contribution in [-0.2, 0) is 9.59 Å². The highest BCUT2D eigenvalue weighted by Crippen LogP contribution is 2.09. The van der Waals surface area contributed by atoms with Gasteiger partial charge >= 0.3 is 0 Å². The highest BCUT2D eigenvalue weighted by molar-refractivity contribution is 6.12. The van der Waals surface area contributed by atoms with Gasteiger partial charge in [0, 0.05) is 24.1 Å². The maximum atomic E-state index is 12.3. The average Bonchev–Trinajstić information content (AvgIpc) is 2.64. The van der Waals surface area contributed by atoms with Crippen molar-refractivity contribution in [3.05, 3.63) is 35.4 Å². The van der Waals surface area contributed by atoms with Crippen LogP contribution in [0.1, 0.15) is 29.8 Å². The summed E-state index contributed by atoms with van der Waals surface area (Å²) in [5.74, 6) is 3.03. The van der Waals surface area contributed by atoms with Gasteiger partial charge in [0.15, 0.2) is 5.54 Å². The first-order valence-corrected chi connectivity index (χ1v) is 7.50. The van der Waals surface area contributed by atoms with Crippen molar-refractivity contribution in [2.24, 2.45) is 5.92 Å². The summed E-state index contributed by atoms with van der Waals surface area (Å²) in [6.07, 6.45) is 0. The molecule has 0 aliphatic carbocycles. The summed E-state index contributed by atoms with van der Waals surface area (Å²) in [6, 6.07) is 6.19. The lowest BCUT2D eigenvalue weighted by atomic mass is 9.99. The first kappa shape index (κ1) is 20.2. The molecule has 134 valence electrons. The third-order valence-electron chi connectivity index (χ3n) is 3.48. The summed E-state index contributed by atoms with van der Waals surface area (Å²) in [5, 5.41) is 22.3. The van der Waals surface area contributed by atoms with Gasteiger partial charge in [0.25, 0.3) is 17.7 Å². The molecule has 0 aliphatic rings. The Hall–Kier alpha value is -2.89.